The molecule has 6 nitrogen and oxygen atoms in total. The largest absolute Gasteiger partial charge is 0.372 e. The molecule has 20 heavy (non-hydrogen) atoms. The van der Waals surface area contributed by atoms with Crippen LogP contribution in [-0.2, 0) is 18.0 Å². The fourth-order valence-electron chi connectivity index (χ4n) is 2.09. The number of pyridine rings is 1. The first-order valence-electron chi connectivity index (χ1n) is 6.21. The number of benzene rings is 1. The molecule has 0 atom stereocenters. The number of nitrogens with one attached hydrogen (secondary N) is 2. The summed E-state index contributed by atoms with van der Waals surface area (Å²) in [4.78, 5) is 16.2. The molecule has 0 unspecified atom stereocenters. The van der Waals surface area contributed by atoms with E-state index in [2.05, 4.69) is 15.7 Å². The number of hydrazine groups is 1. The molecule has 0 aliphatic carbocycles. The second kappa shape index (κ2) is 5.28. The maximum absolute atomic E-state index is 12.1. The van der Waals surface area contributed by atoms with Gasteiger partial charge >= 0.3 is 0 Å². The Labute approximate surface area is 115 Å². The van der Waals surface area contributed by atoms with Crippen molar-refractivity contribution < 1.29 is 9.53 Å². The van der Waals surface area contributed by atoms with E-state index in [-0.39, 0.29) is 5.91 Å². The average Bonchev–Trinajstić information content (AvgIpc) is 2.95. The van der Waals surface area contributed by atoms with Gasteiger partial charge in [-0.2, -0.15) is 0 Å². The molecule has 1 aromatic carbocycles. The molecular weight excluding hydrogens is 256 g/mol. The number of nitrogens with two attached hydrogens (primary N) is 1. The van der Waals surface area contributed by atoms with Crippen LogP contribution in [0.15, 0.2) is 36.4 Å². The smallest absolute Gasteiger partial charge is 0.274 e. The molecule has 3 rings (SSSR count). The summed E-state index contributed by atoms with van der Waals surface area (Å²) in [5.74, 6) is 5.44. The van der Waals surface area contributed by atoms with Gasteiger partial charge < -0.3 is 15.5 Å². The highest BCUT2D eigenvalue weighted by Crippen LogP contribution is 2.23. The van der Waals surface area contributed by atoms with E-state index in [1.807, 2.05) is 18.2 Å². The van der Waals surface area contributed by atoms with Gasteiger partial charge in [0.15, 0.2) is 0 Å². The molecule has 1 aromatic heterocycles. The van der Waals surface area contributed by atoms with Gasteiger partial charge in [-0.1, -0.05) is 12.1 Å². The third-order valence-corrected chi connectivity index (χ3v) is 3.11. The molecule has 102 valence electrons. The Hall–Kier alpha value is -2.44. The fourth-order valence-corrected chi connectivity index (χ4v) is 2.09. The molecule has 0 radical (unpaired) electrons. The molecule has 2 heterocycles. The summed E-state index contributed by atoms with van der Waals surface area (Å²) in [6, 6.07) is 10.8. The zero-order chi connectivity index (χ0) is 13.9. The number of hydrogen-bond donors (Lipinski definition) is 3. The second-order valence-corrected chi connectivity index (χ2v) is 4.48. The minimum atomic E-state index is -0.277. The average molecular weight is 270 g/mol. The second-order valence-electron chi connectivity index (χ2n) is 4.48. The number of amides is 1. The minimum absolute atomic E-state index is 0.277. The van der Waals surface area contributed by atoms with E-state index in [9.17, 15) is 4.79 Å². The van der Waals surface area contributed by atoms with Crippen molar-refractivity contribution in [2.75, 3.05) is 10.7 Å². The summed E-state index contributed by atoms with van der Waals surface area (Å²) in [5.41, 5.74) is 5.71. The van der Waals surface area contributed by atoms with Crippen molar-refractivity contribution in [2.24, 2.45) is 5.84 Å². The molecule has 2 aromatic rings. The number of fused-ring (bicyclic) bond motifs is 1. The number of nitrogen functional groups attached to an aromatic ring is 1. The van der Waals surface area contributed by atoms with E-state index in [1.165, 1.54) is 0 Å². The van der Waals surface area contributed by atoms with E-state index in [0.717, 1.165) is 16.8 Å². The SMILES string of the molecule is NNc1cccc(C(=O)Nc2ccc3c(c2)COC3)n1. The maximum Gasteiger partial charge on any atom is 0.274 e. The summed E-state index contributed by atoms with van der Waals surface area (Å²) in [7, 11) is 0. The summed E-state index contributed by atoms with van der Waals surface area (Å²) in [5, 5.41) is 2.81. The van der Waals surface area contributed by atoms with Gasteiger partial charge in [0.2, 0.25) is 0 Å². The standard InChI is InChI=1S/C14H14N4O2/c15-18-13-3-1-2-12(17-13)14(19)16-11-5-4-9-7-20-8-10(9)6-11/h1-6H,7-8,15H2,(H,16,19)(H,17,18). The van der Waals surface area contributed by atoms with Crippen LogP contribution in [0.2, 0.25) is 0 Å². The van der Waals surface area contributed by atoms with Crippen LogP contribution in [0.25, 0.3) is 0 Å². The summed E-state index contributed by atoms with van der Waals surface area (Å²) in [6.45, 7) is 1.22. The lowest BCUT2D eigenvalue weighted by molar-refractivity contribution is 0.102. The molecule has 6 heteroatoms. The molecular formula is C14H14N4O2. The molecule has 4 N–H and O–H groups in total. The van der Waals surface area contributed by atoms with Gasteiger partial charge in [0, 0.05) is 5.69 Å². The van der Waals surface area contributed by atoms with E-state index in [4.69, 9.17) is 10.6 Å². The van der Waals surface area contributed by atoms with Crippen LogP contribution in [0.4, 0.5) is 11.5 Å². The molecule has 0 saturated heterocycles. The Morgan fingerprint density at radius 3 is 2.90 bits per heavy atom. The monoisotopic (exact) mass is 270 g/mol. The molecule has 0 spiro atoms. The topological polar surface area (TPSA) is 89.3 Å². The quantitative estimate of drug-likeness (QED) is 0.583. The van der Waals surface area contributed by atoms with Crippen LogP contribution in [0.1, 0.15) is 21.6 Å². The summed E-state index contributed by atoms with van der Waals surface area (Å²) in [6.07, 6.45) is 0. The fraction of sp³-hybridized carbons (Fsp3) is 0.143. The van der Waals surface area contributed by atoms with E-state index >= 15 is 0 Å². The number of anilines is 2. The molecule has 0 bridgehead atoms. The molecule has 0 fully saturated rings. The number of hydrogen-bond acceptors (Lipinski definition) is 5. The zero-order valence-electron chi connectivity index (χ0n) is 10.7. The Bertz CT molecular complexity index is 657. The first-order valence-corrected chi connectivity index (χ1v) is 6.21. The predicted octanol–water partition coefficient (Wildman–Crippen LogP) is 1.65. The van der Waals surface area contributed by atoms with Gasteiger partial charge in [-0.15, -0.1) is 0 Å². The highest BCUT2D eigenvalue weighted by Gasteiger charge is 2.13. The zero-order valence-corrected chi connectivity index (χ0v) is 10.7. The molecule has 1 aliphatic rings. The van der Waals surface area contributed by atoms with Crippen LogP contribution in [0.5, 0.6) is 0 Å². The van der Waals surface area contributed by atoms with Gasteiger partial charge in [-0.3, -0.25) is 4.79 Å². The Balaban J connectivity index is 1.78. The van der Waals surface area contributed by atoms with Crippen molar-refractivity contribution in [3.8, 4) is 0 Å². The minimum Gasteiger partial charge on any atom is -0.372 e. The highest BCUT2D eigenvalue weighted by molar-refractivity contribution is 6.03. The van der Waals surface area contributed by atoms with Crippen molar-refractivity contribution in [1.29, 1.82) is 0 Å². The lowest BCUT2D eigenvalue weighted by Crippen LogP contribution is -2.16. The number of carbonyl (C=O) groups is 1. The Morgan fingerprint density at radius 2 is 2.05 bits per heavy atom. The van der Waals surface area contributed by atoms with Gasteiger partial charge in [0.1, 0.15) is 11.5 Å². The number of carbonyl (C=O) groups excluding carboxylic acids is 1. The maximum atomic E-state index is 12.1. The van der Waals surface area contributed by atoms with Gasteiger partial charge in [-0.25, -0.2) is 10.8 Å². The summed E-state index contributed by atoms with van der Waals surface area (Å²) >= 11 is 0. The van der Waals surface area contributed by atoms with Crippen molar-refractivity contribution in [3.05, 3.63) is 53.2 Å². The molecule has 0 saturated carbocycles. The van der Waals surface area contributed by atoms with Gasteiger partial charge in [0.25, 0.3) is 5.91 Å². The first kappa shape index (κ1) is 12.6. The predicted molar refractivity (Wildman–Crippen MR) is 74.9 cm³/mol. The van der Waals surface area contributed by atoms with Crippen LogP contribution in [0, 0.1) is 0 Å². The van der Waals surface area contributed by atoms with Crippen LogP contribution < -0.4 is 16.6 Å². The number of nitrogens with zero attached hydrogens (tertiary/aromatic N) is 1. The number of aromatic nitrogens is 1. The lowest BCUT2D eigenvalue weighted by Gasteiger charge is -2.07. The normalized spacial score (nSPS) is 12.8. The van der Waals surface area contributed by atoms with Crippen LogP contribution in [0.3, 0.4) is 0 Å². The highest BCUT2D eigenvalue weighted by atomic mass is 16.5. The Kier molecular flexibility index (Phi) is 3.32. The molecule has 1 amide bonds. The van der Waals surface area contributed by atoms with Crippen molar-refractivity contribution in [1.82, 2.24) is 4.98 Å². The van der Waals surface area contributed by atoms with Crippen molar-refractivity contribution in [2.45, 2.75) is 13.2 Å². The Morgan fingerprint density at radius 1 is 1.20 bits per heavy atom. The number of ether oxygens (including phenoxy) is 1. The number of rotatable bonds is 3. The van der Waals surface area contributed by atoms with E-state index < -0.39 is 0 Å². The van der Waals surface area contributed by atoms with Crippen LogP contribution >= 0.6 is 0 Å². The lowest BCUT2D eigenvalue weighted by atomic mass is 10.1. The van der Waals surface area contributed by atoms with Crippen molar-refractivity contribution in [3.63, 3.8) is 0 Å². The summed E-state index contributed by atoms with van der Waals surface area (Å²) < 4.78 is 5.34. The first-order chi connectivity index (χ1) is 9.76. The third kappa shape index (κ3) is 2.47. The van der Waals surface area contributed by atoms with Crippen molar-refractivity contribution >= 4 is 17.4 Å². The van der Waals surface area contributed by atoms with Gasteiger partial charge in [-0.05, 0) is 35.4 Å². The van der Waals surface area contributed by atoms with Crippen LogP contribution in [-0.4, -0.2) is 10.9 Å². The van der Waals surface area contributed by atoms with E-state index in [1.54, 1.807) is 18.2 Å². The third-order valence-electron chi connectivity index (χ3n) is 3.11. The van der Waals surface area contributed by atoms with E-state index in [0.29, 0.717) is 24.7 Å². The molecule has 1 aliphatic heterocycles. The van der Waals surface area contributed by atoms with Gasteiger partial charge in [0.05, 0.1) is 13.2 Å².